The summed E-state index contributed by atoms with van der Waals surface area (Å²) in [5, 5.41) is -0.00484. The van der Waals surface area contributed by atoms with E-state index in [1.165, 1.54) is 11.1 Å². The molecule has 4 heterocycles. The summed E-state index contributed by atoms with van der Waals surface area (Å²) in [5.74, 6) is 0.617. The van der Waals surface area contributed by atoms with Crippen LogP contribution in [0.2, 0.25) is 5.02 Å². The van der Waals surface area contributed by atoms with Crippen molar-refractivity contribution < 1.29 is 22.7 Å². The molecule has 8 rings (SSSR count). The molecule has 2 aromatic carbocycles. The zero-order valence-corrected chi connectivity index (χ0v) is 31.1. The van der Waals surface area contributed by atoms with E-state index in [9.17, 15) is 13.2 Å². The number of carbonyl (C=O) groups is 1. The molecule has 3 fully saturated rings. The molecule has 2 aliphatic carbocycles. The molecule has 0 aromatic heterocycles. The lowest BCUT2D eigenvalue weighted by atomic mass is 9.63. The lowest BCUT2D eigenvalue weighted by Crippen LogP contribution is -2.66. The van der Waals surface area contributed by atoms with E-state index in [2.05, 4.69) is 50.8 Å². The molecule has 50 heavy (non-hydrogen) atoms. The molecule has 11 heteroatoms. The lowest BCUT2D eigenvalue weighted by Gasteiger charge is -2.56. The van der Waals surface area contributed by atoms with E-state index >= 15 is 0 Å². The largest absolute Gasteiger partial charge is 0.490 e. The average Bonchev–Trinajstić information content (AvgIpc) is 3.22. The van der Waals surface area contributed by atoms with E-state index in [1.54, 1.807) is 13.0 Å². The molecule has 2 bridgehead atoms. The Morgan fingerprint density at radius 1 is 1.04 bits per heavy atom. The molecule has 2 saturated heterocycles. The van der Waals surface area contributed by atoms with Crippen LogP contribution in [-0.2, 0) is 26.6 Å². The summed E-state index contributed by atoms with van der Waals surface area (Å²) in [4.78, 5) is 21.1. The minimum atomic E-state index is -3.93. The van der Waals surface area contributed by atoms with Crippen molar-refractivity contribution in [1.29, 1.82) is 0 Å². The average molecular weight is 723 g/mol. The molecule has 2 spiro atoms. The third kappa shape index (κ3) is 6.16. The number of rotatable bonds is 0. The zero-order chi connectivity index (χ0) is 34.8. The van der Waals surface area contributed by atoms with Crippen LogP contribution in [0.1, 0.15) is 67.4 Å². The number of halogens is 1. The Labute approximate surface area is 302 Å². The van der Waals surface area contributed by atoms with Gasteiger partial charge in [-0.25, -0.2) is 13.1 Å². The van der Waals surface area contributed by atoms with Gasteiger partial charge in [0.2, 0.25) is 10.0 Å². The number of aryl methyl sites for hydroxylation is 1. The number of sulfonamides is 1. The molecule has 0 radical (unpaired) electrons. The Balaban J connectivity index is 1.21. The Hall–Kier alpha value is -2.63. The van der Waals surface area contributed by atoms with Crippen molar-refractivity contribution in [3.05, 3.63) is 70.3 Å². The first-order valence-corrected chi connectivity index (χ1v) is 20.5. The second-order valence-corrected chi connectivity index (χ2v) is 18.7. The number of benzene rings is 2. The van der Waals surface area contributed by atoms with Crippen molar-refractivity contribution in [2.75, 3.05) is 64.4 Å². The van der Waals surface area contributed by atoms with E-state index in [1.807, 2.05) is 25.1 Å². The highest BCUT2D eigenvalue weighted by Gasteiger charge is 2.52. The third-order valence-electron chi connectivity index (χ3n) is 13.0. The second kappa shape index (κ2) is 13.1. The van der Waals surface area contributed by atoms with Gasteiger partial charge in [-0.1, -0.05) is 36.7 Å². The molecule has 7 atom stereocenters. The van der Waals surface area contributed by atoms with Gasteiger partial charge in [0.25, 0.3) is 5.91 Å². The fraction of sp³-hybridized carbons (Fsp3) is 0.615. The van der Waals surface area contributed by atoms with Crippen LogP contribution in [0.3, 0.4) is 0 Å². The number of allylic oxidation sites excluding steroid dienone is 1. The Kier molecular flexibility index (Phi) is 9.03. The summed E-state index contributed by atoms with van der Waals surface area (Å²) in [6.07, 6.45) is 10.2. The second-order valence-electron chi connectivity index (χ2n) is 16.2. The smallest absolute Gasteiger partial charge is 0.264 e. The van der Waals surface area contributed by atoms with Crippen LogP contribution in [-0.4, -0.2) is 101 Å². The van der Waals surface area contributed by atoms with Crippen LogP contribution in [0.5, 0.6) is 5.75 Å². The van der Waals surface area contributed by atoms with Gasteiger partial charge in [0, 0.05) is 61.3 Å². The van der Waals surface area contributed by atoms with Crippen LogP contribution in [0.15, 0.2) is 48.6 Å². The summed E-state index contributed by atoms with van der Waals surface area (Å²) in [5.41, 5.74) is 3.05. The highest BCUT2D eigenvalue weighted by molar-refractivity contribution is 7.90. The van der Waals surface area contributed by atoms with Gasteiger partial charge < -0.3 is 19.3 Å². The fourth-order valence-electron chi connectivity index (χ4n) is 9.71. The van der Waals surface area contributed by atoms with Crippen molar-refractivity contribution in [1.82, 2.24) is 14.5 Å². The van der Waals surface area contributed by atoms with Crippen LogP contribution in [0, 0.1) is 17.8 Å². The standard InChI is InChI=1S/C39H51ClN4O5S/c1-26-6-4-15-39(24-43-17-16-42(3)21-32(43)22-49-39)34-11-8-30(34)20-44-23-38(14-5-7-28-18-31(40)10-12-33(28)38)25-48-36-13-9-29(19-35(36)44)37(45)41-50(46,47)27(26)2/h4,9-10,12-13,15,18-19,26-27,30,32,34H,5-8,11,14,16-17,20-25H2,1-3H3,(H,41,45)/b15-4-/t26-,27+,30-,32+,34+,38-,39-/m0/s1. The van der Waals surface area contributed by atoms with E-state index in [4.69, 9.17) is 21.1 Å². The van der Waals surface area contributed by atoms with Crippen molar-refractivity contribution in [2.45, 2.75) is 74.7 Å². The number of amides is 1. The Bertz CT molecular complexity index is 1790. The molecular weight excluding hydrogens is 672 g/mol. The first-order valence-electron chi connectivity index (χ1n) is 18.6. The number of nitrogens with one attached hydrogen (secondary N) is 1. The van der Waals surface area contributed by atoms with Gasteiger partial charge in [0.05, 0.1) is 24.2 Å². The van der Waals surface area contributed by atoms with Gasteiger partial charge >= 0.3 is 0 Å². The SMILES string of the molecule is C[C@@H]1[C@@H](C)C/C=C\[C@]2(CN3CCN(C)C[C@@H]3CO2)[C@@H]2CC[C@H]2CN2C[C@@]3(CCCc4cc(Cl)ccc43)COc3ccc(cc32)C(=O)NS1(=O)=O. The van der Waals surface area contributed by atoms with Gasteiger partial charge in [-0.3, -0.25) is 9.69 Å². The van der Waals surface area contributed by atoms with Gasteiger partial charge in [-0.2, -0.15) is 0 Å². The fourth-order valence-corrected chi connectivity index (χ4v) is 11.2. The number of fused-ring (bicyclic) bond motifs is 6. The van der Waals surface area contributed by atoms with E-state index in [-0.39, 0.29) is 11.3 Å². The van der Waals surface area contributed by atoms with Gasteiger partial charge in [-0.05, 0) is 112 Å². The molecule has 2 aromatic rings. The summed E-state index contributed by atoms with van der Waals surface area (Å²) in [6, 6.07) is 12.1. The number of morpholine rings is 1. The molecule has 6 aliphatic rings. The molecule has 4 aliphatic heterocycles. The summed E-state index contributed by atoms with van der Waals surface area (Å²) >= 11 is 6.49. The number of hydrogen-bond donors (Lipinski definition) is 1. The highest BCUT2D eigenvalue weighted by Crippen LogP contribution is 2.50. The monoisotopic (exact) mass is 722 g/mol. The van der Waals surface area contributed by atoms with Crippen LogP contribution in [0.25, 0.3) is 0 Å². The summed E-state index contributed by atoms with van der Waals surface area (Å²) in [7, 11) is -1.74. The minimum Gasteiger partial charge on any atom is -0.490 e. The lowest BCUT2D eigenvalue weighted by molar-refractivity contribution is -0.173. The molecule has 270 valence electrons. The molecular formula is C39H51ClN4O5S. The van der Waals surface area contributed by atoms with Crippen molar-refractivity contribution in [3.63, 3.8) is 0 Å². The molecule has 1 N–H and O–H groups in total. The number of nitrogens with zero attached hydrogens (tertiary/aromatic N) is 3. The predicted octanol–water partition coefficient (Wildman–Crippen LogP) is 5.27. The number of anilines is 1. The van der Waals surface area contributed by atoms with Crippen LogP contribution < -0.4 is 14.4 Å². The van der Waals surface area contributed by atoms with E-state index < -0.39 is 26.8 Å². The third-order valence-corrected chi connectivity index (χ3v) is 15.2. The van der Waals surface area contributed by atoms with E-state index in [0.29, 0.717) is 43.1 Å². The quantitative estimate of drug-likeness (QED) is 0.368. The number of likely N-dealkylation sites (N-methyl/N-ethyl adjacent to an activating group) is 1. The van der Waals surface area contributed by atoms with Crippen LogP contribution >= 0.6 is 11.6 Å². The van der Waals surface area contributed by atoms with Gasteiger partial charge in [-0.15, -0.1) is 0 Å². The number of piperazine rings is 1. The maximum atomic E-state index is 13.6. The van der Waals surface area contributed by atoms with Crippen LogP contribution in [0.4, 0.5) is 5.69 Å². The van der Waals surface area contributed by atoms with Gasteiger partial charge in [0.1, 0.15) is 11.4 Å². The molecule has 1 amide bonds. The maximum Gasteiger partial charge on any atom is 0.264 e. The predicted molar refractivity (Wildman–Crippen MR) is 197 cm³/mol. The Morgan fingerprint density at radius 3 is 2.72 bits per heavy atom. The first-order chi connectivity index (χ1) is 24.0. The molecule has 1 saturated carbocycles. The maximum absolute atomic E-state index is 13.6. The number of carbonyl (C=O) groups excluding carboxylic acids is 1. The minimum absolute atomic E-state index is 0.195. The van der Waals surface area contributed by atoms with Crippen molar-refractivity contribution in [3.8, 4) is 5.75 Å². The zero-order valence-electron chi connectivity index (χ0n) is 29.6. The molecule has 0 unspecified atom stereocenters. The normalized spacial score (nSPS) is 36.6. The highest BCUT2D eigenvalue weighted by atomic mass is 35.5. The van der Waals surface area contributed by atoms with Crippen molar-refractivity contribution >= 4 is 33.2 Å². The Morgan fingerprint density at radius 2 is 1.90 bits per heavy atom. The van der Waals surface area contributed by atoms with Crippen molar-refractivity contribution in [2.24, 2.45) is 17.8 Å². The number of hydrogen-bond acceptors (Lipinski definition) is 8. The molecule has 9 nitrogen and oxygen atoms in total. The van der Waals surface area contributed by atoms with E-state index in [0.717, 1.165) is 87.8 Å². The number of ether oxygens (including phenoxy) is 2. The summed E-state index contributed by atoms with van der Waals surface area (Å²) in [6.45, 7) is 10.3. The topological polar surface area (TPSA) is 91.4 Å². The first kappa shape index (κ1) is 34.5. The summed E-state index contributed by atoms with van der Waals surface area (Å²) < 4.78 is 43.2. The van der Waals surface area contributed by atoms with Gasteiger partial charge in [0.15, 0.2) is 0 Å².